The molecule has 0 atom stereocenters. The summed E-state index contributed by atoms with van der Waals surface area (Å²) in [7, 11) is 0. The molecule has 2 aromatic heterocycles. The summed E-state index contributed by atoms with van der Waals surface area (Å²) in [6.45, 7) is 7.01. The summed E-state index contributed by atoms with van der Waals surface area (Å²) >= 11 is 1.82. The van der Waals surface area contributed by atoms with E-state index in [2.05, 4.69) is 25.0 Å². The summed E-state index contributed by atoms with van der Waals surface area (Å²) in [6.07, 6.45) is 1.81. The van der Waals surface area contributed by atoms with Gasteiger partial charge in [0.1, 0.15) is 5.82 Å². The monoisotopic (exact) mass is 221 g/mol. The van der Waals surface area contributed by atoms with Crippen molar-refractivity contribution in [3.8, 4) is 0 Å². The zero-order valence-electron chi connectivity index (χ0n) is 9.24. The van der Waals surface area contributed by atoms with E-state index in [9.17, 15) is 0 Å². The molecule has 0 radical (unpaired) electrons. The van der Waals surface area contributed by atoms with E-state index in [0.717, 1.165) is 17.9 Å². The highest BCUT2D eigenvalue weighted by Crippen LogP contribution is 2.22. The highest BCUT2D eigenvalue weighted by Gasteiger charge is 2.07. The summed E-state index contributed by atoms with van der Waals surface area (Å²) in [5, 5.41) is 4.26. The first-order valence-corrected chi connectivity index (χ1v) is 5.73. The molecular weight excluding hydrogens is 206 g/mol. The standard InChI is InChI=1S/C11H15N3S/c1-7-5-13-14(11(7)12)6-10-4-8(2)15-9(10)3/h4-5H,6,12H2,1-3H3. The summed E-state index contributed by atoms with van der Waals surface area (Å²) in [5.41, 5.74) is 8.26. The maximum absolute atomic E-state index is 5.91. The van der Waals surface area contributed by atoms with Crippen molar-refractivity contribution >= 4 is 17.2 Å². The number of aryl methyl sites for hydroxylation is 3. The van der Waals surface area contributed by atoms with Crippen LogP contribution in [0.25, 0.3) is 0 Å². The topological polar surface area (TPSA) is 43.8 Å². The van der Waals surface area contributed by atoms with Gasteiger partial charge in [-0.2, -0.15) is 5.10 Å². The largest absolute Gasteiger partial charge is 0.384 e. The van der Waals surface area contributed by atoms with Crippen molar-refractivity contribution in [3.63, 3.8) is 0 Å². The molecule has 2 aromatic rings. The quantitative estimate of drug-likeness (QED) is 0.846. The Hall–Kier alpha value is -1.29. The Labute approximate surface area is 93.5 Å². The molecule has 0 unspecified atom stereocenters. The number of nitrogens with two attached hydrogens (primary N) is 1. The molecule has 2 rings (SSSR count). The van der Waals surface area contributed by atoms with Gasteiger partial charge in [0, 0.05) is 15.3 Å². The number of thiophene rings is 1. The Balaban J connectivity index is 2.29. The van der Waals surface area contributed by atoms with E-state index >= 15 is 0 Å². The normalized spacial score (nSPS) is 10.9. The van der Waals surface area contributed by atoms with Gasteiger partial charge in [0.2, 0.25) is 0 Å². The highest BCUT2D eigenvalue weighted by atomic mass is 32.1. The van der Waals surface area contributed by atoms with Gasteiger partial charge in [0.25, 0.3) is 0 Å². The average molecular weight is 221 g/mol. The second-order valence-corrected chi connectivity index (χ2v) is 5.27. The minimum Gasteiger partial charge on any atom is -0.384 e. The second-order valence-electron chi connectivity index (χ2n) is 3.81. The minimum absolute atomic E-state index is 0.762. The van der Waals surface area contributed by atoms with Gasteiger partial charge in [-0.15, -0.1) is 11.3 Å². The third-order valence-corrected chi connectivity index (χ3v) is 3.54. The molecule has 0 aliphatic carbocycles. The molecule has 15 heavy (non-hydrogen) atoms. The van der Waals surface area contributed by atoms with E-state index in [0.29, 0.717) is 0 Å². The maximum Gasteiger partial charge on any atom is 0.124 e. The van der Waals surface area contributed by atoms with Crippen LogP contribution in [0.5, 0.6) is 0 Å². The SMILES string of the molecule is Cc1cc(Cn2ncc(C)c2N)c(C)s1. The Morgan fingerprint density at radius 2 is 2.13 bits per heavy atom. The zero-order chi connectivity index (χ0) is 11.0. The van der Waals surface area contributed by atoms with Gasteiger partial charge < -0.3 is 5.73 Å². The summed E-state index contributed by atoms with van der Waals surface area (Å²) in [6, 6.07) is 2.20. The second kappa shape index (κ2) is 3.70. The Kier molecular flexibility index (Phi) is 2.52. The van der Waals surface area contributed by atoms with Crippen LogP contribution in [0.4, 0.5) is 5.82 Å². The number of nitrogens with zero attached hydrogens (tertiary/aromatic N) is 2. The molecule has 2 heterocycles. The fourth-order valence-corrected chi connectivity index (χ4v) is 2.55. The molecule has 2 N–H and O–H groups in total. The zero-order valence-corrected chi connectivity index (χ0v) is 10.1. The molecule has 0 bridgehead atoms. The first-order valence-electron chi connectivity index (χ1n) is 4.91. The Bertz CT molecular complexity index is 482. The van der Waals surface area contributed by atoms with Crippen LogP contribution < -0.4 is 5.73 Å². The Morgan fingerprint density at radius 3 is 2.60 bits per heavy atom. The number of hydrogen-bond acceptors (Lipinski definition) is 3. The van der Waals surface area contributed by atoms with Crippen LogP contribution in [0.3, 0.4) is 0 Å². The van der Waals surface area contributed by atoms with E-state index in [1.807, 2.05) is 29.1 Å². The summed E-state index contributed by atoms with van der Waals surface area (Å²) < 4.78 is 1.85. The predicted molar refractivity (Wildman–Crippen MR) is 64.3 cm³/mol. The predicted octanol–water partition coefficient (Wildman–Crippen LogP) is 2.50. The van der Waals surface area contributed by atoms with E-state index < -0.39 is 0 Å². The van der Waals surface area contributed by atoms with Crippen molar-refractivity contribution in [2.75, 3.05) is 5.73 Å². The van der Waals surface area contributed by atoms with E-state index in [4.69, 9.17) is 5.73 Å². The van der Waals surface area contributed by atoms with Gasteiger partial charge in [-0.3, -0.25) is 0 Å². The number of anilines is 1. The van der Waals surface area contributed by atoms with E-state index in [1.165, 1.54) is 15.3 Å². The molecule has 80 valence electrons. The lowest BCUT2D eigenvalue weighted by Crippen LogP contribution is -2.06. The van der Waals surface area contributed by atoms with Gasteiger partial charge >= 0.3 is 0 Å². The molecule has 0 aliphatic rings. The molecule has 0 spiro atoms. The van der Waals surface area contributed by atoms with Crippen molar-refractivity contribution in [3.05, 3.63) is 33.1 Å². The summed E-state index contributed by atoms with van der Waals surface area (Å²) in [5.74, 6) is 0.762. The highest BCUT2D eigenvalue weighted by molar-refractivity contribution is 7.12. The van der Waals surface area contributed by atoms with Crippen LogP contribution in [-0.4, -0.2) is 9.78 Å². The molecular formula is C11H15N3S. The molecule has 3 nitrogen and oxygen atoms in total. The lowest BCUT2D eigenvalue weighted by atomic mass is 10.2. The van der Waals surface area contributed by atoms with Crippen LogP contribution in [0.1, 0.15) is 20.9 Å². The molecule has 4 heteroatoms. The van der Waals surface area contributed by atoms with E-state index in [1.54, 1.807) is 0 Å². The van der Waals surface area contributed by atoms with Crippen molar-refractivity contribution in [1.29, 1.82) is 0 Å². The van der Waals surface area contributed by atoms with Crippen LogP contribution in [0, 0.1) is 20.8 Å². The van der Waals surface area contributed by atoms with Gasteiger partial charge in [0.15, 0.2) is 0 Å². The Morgan fingerprint density at radius 1 is 1.40 bits per heavy atom. The molecule has 0 aliphatic heterocycles. The summed E-state index contributed by atoms with van der Waals surface area (Å²) in [4.78, 5) is 2.69. The number of hydrogen-bond donors (Lipinski definition) is 1. The third-order valence-electron chi connectivity index (χ3n) is 2.54. The molecule has 0 saturated heterocycles. The number of aromatic nitrogens is 2. The smallest absolute Gasteiger partial charge is 0.124 e. The van der Waals surface area contributed by atoms with Crippen molar-refractivity contribution in [2.45, 2.75) is 27.3 Å². The van der Waals surface area contributed by atoms with Crippen molar-refractivity contribution < 1.29 is 0 Å². The van der Waals surface area contributed by atoms with E-state index in [-0.39, 0.29) is 0 Å². The van der Waals surface area contributed by atoms with Crippen LogP contribution in [0.2, 0.25) is 0 Å². The minimum atomic E-state index is 0.762. The average Bonchev–Trinajstić information content (AvgIpc) is 2.64. The van der Waals surface area contributed by atoms with Crippen LogP contribution >= 0.6 is 11.3 Å². The number of nitrogen functional groups attached to an aromatic ring is 1. The van der Waals surface area contributed by atoms with Gasteiger partial charge in [-0.1, -0.05) is 0 Å². The van der Waals surface area contributed by atoms with Crippen LogP contribution in [0.15, 0.2) is 12.3 Å². The third kappa shape index (κ3) is 1.90. The first-order chi connectivity index (χ1) is 7.08. The van der Waals surface area contributed by atoms with Crippen molar-refractivity contribution in [2.24, 2.45) is 0 Å². The molecule has 0 fully saturated rings. The molecule has 0 amide bonds. The molecule has 0 saturated carbocycles. The van der Waals surface area contributed by atoms with Gasteiger partial charge in [0.05, 0.1) is 12.7 Å². The fourth-order valence-electron chi connectivity index (χ4n) is 1.62. The van der Waals surface area contributed by atoms with Gasteiger partial charge in [-0.25, -0.2) is 4.68 Å². The lowest BCUT2D eigenvalue weighted by molar-refractivity contribution is 0.696. The van der Waals surface area contributed by atoms with Gasteiger partial charge in [-0.05, 0) is 32.4 Å². The number of rotatable bonds is 2. The molecule has 0 aromatic carbocycles. The maximum atomic E-state index is 5.91. The van der Waals surface area contributed by atoms with Crippen LogP contribution in [-0.2, 0) is 6.54 Å². The first kappa shape index (κ1) is 10.2. The fraction of sp³-hybridized carbons (Fsp3) is 0.364. The van der Waals surface area contributed by atoms with Crippen molar-refractivity contribution in [1.82, 2.24) is 9.78 Å². The lowest BCUT2D eigenvalue weighted by Gasteiger charge is -2.03.